The summed E-state index contributed by atoms with van der Waals surface area (Å²) in [5.74, 6) is -1.72. The number of nitrogens with zero attached hydrogens (tertiary/aromatic N) is 7. The normalized spacial score (nSPS) is 12.4. The Hall–Kier alpha value is -8.85. The lowest BCUT2D eigenvalue weighted by Gasteiger charge is -2.23. The van der Waals surface area contributed by atoms with Crippen molar-refractivity contribution in [2.75, 3.05) is 16.8 Å². The Balaban J connectivity index is 0.000000240. The first-order valence-electron chi connectivity index (χ1n) is 27.1. The zero-order valence-electron chi connectivity index (χ0n) is 49.3. The number of aromatic nitrogens is 8. The second-order valence-corrected chi connectivity index (χ2v) is 23.1. The Morgan fingerprint density at radius 2 is 0.895 bits per heavy atom. The molecule has 0 aliphatic rings. The minimum atomic E-state index is -0.995. The number of esters is 3. The summed E-state index contributed by atoms with van der Waals surface area (Å²) in [7, 11) is 0. The number of alkyl carbamates (subject to hydrolysis) is 3. The fourth-order valence-electron chi connectivity index (χ4n) is 7.45. The van der Waals surface area contributed by atoms with Crippen molar-refractivity contribution in [2.24, 2.45) is 0 Å². The molecule has 3 amide bonds. The molecule has 0 aliphatic carbocycles. The average molecular weight is 1280 g/mol. The molecule has 3 aromatic carbocycles. The van der Waals surface area contributed by atoms with Crippen LogP contribution in [0.25, 0.3) is 22.3 Å². The van der Waals surface area contributed by atoms with Crippen LogP contribution in [0.15, 0.2) is 108 Å². The number of nitrogen functional groups attached to an aromatic ring is 2. The third kappa shape index (κ3) is 23.7. The molecule has 7 rings (SSSR count). The molecule has 0 radical (unpaired) electrons. The van der Waals surface area contributed by atoms with Crippen molar-refractivity contribution in [2.45, 2.75) is 149 Å². The first-order chi connectivity index (χ1) is 40.6. The summed E-state index contributed by atoms with van der Waals surface area (Å²) in [6.07, 6.45) is 1.61. The highest BCUT2D eigenvalue weighted by molar-refractivity contribution is 9.09. The van der Waals surface area contributed by atoms with Crippen molar-refractivity contribution in [3.8, 4) is 0 Å². The van der Waals surface area contributed by atoms with Crippen LogP contribution >= 0.6 is 27.5 Å². The topological polar surface area (TPSA) is 353 Å². The van der Waals surface area contributed by atoms with Gasteiger partial charge in [0, 0.05) is 18.4 Å². The van der Waals surface area contributed by atoms with Crippen LogP contribution < -0.4 is 33.0 Å². The second kappa shape index (κ2) is 31.9. The fourth-order valence-corrected chi connectivity index (χ4v) is 8.13. The van der Waals surface area contributed by atoms with Gasteiger partial charge in [0.2, 0.25) is 11.9 Å². The molecule has 7 aromatic rings. The van der Waals surface area contributed by atoms with E-state index >= 15 is 0 Å². The van der Waals surface area contributed by atoms with E-state index in [9.17, 15) is 33.6 Å². The summed E-state index contributed by atoms with van der Waals surface area (Å²) < 4.78 is 35.0. The van der Waals surface area contributed by atoms with E-state index in [2.05, 4.69) is 61.8 Å². The van der Waals surface area contributed by atoms with Crippen molar-refractivity contribution >= 4 is 97.9 Å². The van der Waals surface area contributed by atoms with E-state index in [1.54, 1.807) is 71.4 Å². The number of aryl methyl sites for hydroxylation is 2. The highest BCUT2D eigenvalue weighted by Crippen LogP contribution is 2.21. The summed E-state index contributed by atoms with van der Waals surface area (Å²) in [4.78, 5) is 109. The molecule has 462 valence electrons. The monoisotopic (exact) mass is 1270 g/mol. The maximum atomic E-state index is 12.8. The summed E-state index contributed by atoms with van der Waals surface area (Å²) in [5, 5.41) is 8.39. The average Bonchev–Trinajstić information content (AvgIpc) is 2.12. The van der Waals surface area contributed by atoms with Crippen molar-refractivity contribution in [3.05, 3.63) is 136 Å². The largest absolute Gasteiger partial charge is 0.459 e. The highest BCUT2D eigenvalue weighted by atomic mass is 79.9. The molecule has 4 heterocycles. The minimum absolute atomic E-state index is 0.00921. The molecule has 26 nitrogen and oxygen atoms in total. The van der Waals surface area contributed by atoms with Crippen molar-refractivity contribution in [1.82, 2.24) is 55.0 Å². The number of ether oxygens (including phenoxy) is 6. The zero-order chi connectivity index (χ0) is 63.2. The molecule has 0 aliphatic heterocycles. The second-order valence-electron chi connectivity index (χ2n) is 22.0. The summed E-state index contributed by atoms with van der Waals surface area (Å²) in [6.45, 7) is 16.5. The number of fused-ring (bicyclic) bond motifs is 2. The van der Waals surface area contributed by atoms with Gasteiger partial charge in [-0.3, -0.25) is 9.78 Å². The van der Waals surface area contributed by atoms with Crippen molar-refractivity contribution in [1.29, 1.82) is 0 Å². The molecule has 3 atom stereocenters. The molecule has 0 saturated carbocycles. The maximum absolute atomic E-state index is 12.8. The summed E-state index contributed by atoms with van der Waals surface area (Å²) >= 11 is 9.33. The molecule has 8 N–H and O–H groups in total. The van der Waals surface area contributed by atoms with Crippen LogP contribution in [-0.4, -0.2) is 115 Å². The number of rotatable bonds is 20. The summed E-state index contributed by atoms with van der Waals surface area (Å²) in [6, 6.07) is 25.1. The Labute approximate surface area is 509 Å². The van der Waals surface area contributed by atoms with Crippen molar-refractivity contribution in [3.63, 3.8) is 0 Å². The number of alkyl halides is 1. The quantitative estimate of drug-likeness (QED) is 0.0181. The van der Waals surface area contributed by atoms with E-state index in [0.717, 1.165) is 16.7 Å². The van der Waals surface area contributed by atoms with Crippen LogP contribution in [0.1, 0.15) is 98.3 Å². The predicted octanol–water partition coefficient (Wildman–Crippen LogP) is 8.23. The third-order valence-electron chi connectivity index (χ3n) is 11.2. The van der Waals surface area contributed by atoms with Crippen LogP contribution in [-0.2, 0) is 75.7 Å². The number of H-pyrrole nitrogens is 1. The first kappa shape index (κ1) is 67.9. The van der Waals surface area contributed by atoms with Gasteiger partial charge in [0.15, 0.2) is 22.0 Å². The number of carbonyl (C=O) groups excluding carboxylic acids is 6. The number of halogens is 2. The van der Waals surface area contributed by atoms with Crippen LogP contribution in [0.3, 0.4) is 0 Å². The first-order valence-corrected chi connectivity index (χ1v) is 28.6. The lowest BCUT2D eigenvalue weighted by Crippen LogP contribution is -2.44. The van der Waals surface area contributed by atoms with Crippen molar-refractivity contribution < 1.29 is 57.2 Å². The standard InChI is InChI=1S/C21H25ClN6O4.C21H26N6O5.C16H22BrNO4/c1-21(2,3)32-20(30)25-14(18(29)31-11-13-7-5-4-6-8-13)9-10-28-12-24-15-16(22)26-19(23)27-17(15)28;1-21(2,3)32-20(30)24-14(18(29)31-11-13-7-5-4-6-8-13)9-10-27-12-23-15-16(27)25-19(22)26-17(15)28;1-16(2,3)22-15(20)18-13(9-10-17)14(19)21-11-12-7-5-4-6-8-12/h4-8,12,14H,9-11H2,1-3H3,(H,25,30)(H2,23,26,27);4-8,12,14H,9-11H2,1-3H3,(H,24,30)(H3,22,25,26,28);4-8,13H,9-11H2,1-3H3,(H,18,20)/t2*14-;13-/m000/s1. The molecule has 86 heavy (non-hydrogen) atoms. The molecule has 28 heteroatoms. The minimum Gasteiger partial charge on any atom is -0.459 e. The summed E-state index contributed by atoms with van der Waals surface area (Å²) in [5.41, 5.74) is 12.5. The van der Waals surface area contributed by atoms with Gasteiger partial charge < -0.3 is 65.0 Å². The highest BCUT2D eigenvalue weighted by Gasteiger charge is 2.29. The number of imidazole rings is 2. The van der Waals surface area contributed by atoms with Gasteiger partial charge in [0.1, 0.15) is 60.3 Å². The Morgan fingerprint density at radius 3 is 1.26 bits per heavy atom. The number of nitrogens with two attached hydrogens (primary N) is 2. The predicted molar refractivity (Wildman–Crippen MR) is 323 cm³/mol. The van der Waals surface area contributed by atoms with E-state index in [4.69, 9.17) is 51.5 Å². The van der Waals surface area contributed by atoms with Gasteiger partial charge in [-0.15, -0.1) is 0 Å². The fraction of sp³-hybridized carbons (Fsp3) is 0.414. The van der Waals surface area contributed by atoms with Gasteiger partial charge in [0.05, 0.1) is 12.7 Å². The maximum Gasteiger partial charge on any atom is 0.408 e. The van der Waals surface area contributed by atoms with Gasteiger partial charge in [0.25, 0.3) is 5.56 Å². The molecule has 0 saturated heterocycles. The number of carbonyl (C=O) groups is 6. The molecule has 0 bridgehead atoms. The van der Waals surface area contributed by atoms with E-state index < -0.39 is 76.7 Å². The van der Waals surface area contributed by atoms with Gasteiger partial charge in [-0.25, -0.2) is 38.7 Å². The number of amides is 3. The molecule has 0 spiro atoms. The third-order valence-corrected chi connectivity index (χ3v) is 12.0. The van der Waals surface area contributed by atoms with Gasteiger partial charge >= 0.3 is 36.2 Å². The van der Waals surface area contributed by atoms with E-state index in [1.165, 1.54) is 12.7 Å². The molecule has 4 aromatic heterocycles. The number of anilines is 2. The molecular formula is C58H73BrClN13O13. The Kier molecular flexibility index (Phi) is 25.2. The number of hydrogen-bond acceptors (Lipinski definition) is 20. The lowest BCUT2D eigenvalue weighted by atomic mass is 10.2. The SMILES string of the molecule is CC(C)(C)OC(=O)N[C@@H](CCBr)C(=O)OCc1ccccc1.CC(C)(C)OC(=O)N[C@@H](CCn1cnc2c(=O)[nH]c(N)nc21)C(=O)OCc1ccccc1.CC(C)(C)OC(=O)N[C@@H](CCn1cnc2c(Cl)nc(N)nc21)C(=O)OCc1ccccc1. The Morgan fingerprint density at radius 1 is 0.547 bits per heavy atom. The van der Waals surface area contributed by atoms with Crippen LogP contribution in [0, 0.1) is 0 Å². The number of benzene rings is 3. The van der Waals surface area contributed by atoms with Gasteiger partial charge in [-0.2, -0.15) is 15.0 Å². The van der Waals surface area contributed by atoms with Gasteiger partial charge in [-0.1, -0.05) is 119 Å². The van der Waals surface area contributed by atoms with Crippen LogP contribution in [0.4, 0.5) is 26.3 Å². The van der Waals surface area contributed by atoms with Crippen LogP contribution in [0.2, 0.25) is 5.15 Å². The van der Waals surface area contributed by atoms with Crippen LogP contribution in [0.5, 0.6) is 0 Å². The number of aromatic amines is 1. The number of hydrogen-bond donors (Lipinski definition) is 6. The molecule has 0 unspecified atom stereocenters. The van der Waals surface area contributed by atoms with E-state index in [0.29, 0.717) is 22.9 Å². The smallest absolute Gasteiger partial charge is 0.408 e. The lowest BCUT2D eigenvalue weighted by molar-refractivity contribution is -0.148. The molecular weight excluding hydrogens is 1200 g/mol. The molecule has 0 fully saturated rings. The number of nitrogens with one attached hydrogen (secondary N) is 4. The Bertz CT molecular complexity index is 3420. The van der Waals surface area contributed by atoms with Gasteiger partial charge in [-0.05, 0) is 98.3 Å². The van der Waals surface area contributed by atoms with E-state index in [-0.39, 0.29) is 74.0 Å². The zero-order valence-corrected chi connectivity index (χ0v) is 51.6. The van der Waals surface area contributed by atoms with E-state index in [1.807, 2.05) is 91.0 Å².